The van der Waals surface area contributed by atoms with Gasteiger partial charge in [0.1, 0.15) is 0 Å². The Morgan fingerprint density at radius 3 is 2.85 bits per heavy atom. The second-order valence-electron chi connectivity index (χ2n) is 7.53. The van der Waals surface area contributed by atoms with Crippen LogP contribution < -0.4 is 10.2 Å². The van der Waals surface area contributed by atoms with E-state index in [2.05, 4.69) is 10.2 Å². The zero-order chi connectivity index (χ0) is 18.6. The fourth-order valence-corrected chi connectivity index (χ4v) is 5.83. The van der Waals surface area contributed by atoms with Crippen molar-refractivity contribution in [1.29, 1.82) is 0 Å². The van der Waals surface area contributed by atoms with Gasteiger partial charge in [-0.3, -0.25) is 0 Å². The van der Waals surface area contributed by atoms with E-state index in [1.807, 2.05) is 23.9 Å². The Bertz CT molecular complexity index is 880. The zero-order valence-electron chi connectivity index (χ0n) is 14.9. The third-order valence-electron chi connectivity index (χ3n) is 6.03. The van der Waals surface area contributed by atoms with Gasteiger partial charge >= 0.3 is 6.18 Å². The first-order chi connectivity index (χ1) is 13.0. The highest BCUT2D eigenvalue weighted by Crippen LogP contribution is 2.49. The summed E-state index contributed by atoms with van der Waals surface area (Å²) in [5.41, 5.74) is 4.16. The predicted molar refractivity (Wildman–Crippen MR) is 104 cm³/mol. The van der Waals surface area contributed by atoms with Crippen molar-refractivity contribution in [3.63, 3.8) is 0 Å². The lowest BCUT2D eigenvalue weighted by Gasteiger charge is -2.33. The molecule has 0 radical (unpaired) electrons. The minimum Gasteiger partial charge on any atom is -0.367 e. The molecule has 3 aliphatic heterocycles. The molecule has 142 valence electrons. The largest absolute Gasteiger partial charge is 0.417 e. The summed E-state index contributed by atoms with van der Waals surface area (Å²) in [6, 6.07) is 10.5. The topological polar surface area (TPSA) is 15.3 Å². The van der Waals surface area contributed by atoms with Gasteiger partial charge in [0.25, 0.3) is 0 Å². The maximum absolute atomic E-state index is 13.6. The van der Waals surface area contributed by atoms with Crippen LogP contribution in [-0.4, -0.2) is 31.4 Å². The maximum atomic E-state index is 13.6. The number of halogens is 3. The van der Waals surface area contributed by atoms with Crippen molar-refractivity contribution in [3.05, 3.63) is 53.1 Å². The number of nitrogens with one attached hydrogen (secondary N) is 1. The van der Waals surface area contributed by atoms with Gasteiger partial charge in [0.15, 0.2) is 0 Å². The van der Waals surface area contributed by atoms with Gasteiger partial charge in [-0.1, -0.05) is 18.2 Å². The molecular weight excluding hydrogens is 369 g/mol. The molecule has 0 unspecified atom stereocenters. The summed E-state index contributed by atoms with van der Waals surface area (Å²) in [5, 5.41) is 3.48. The van der Waals surface area contributed by atoms with Crippen LogP contribution in [0.5, 0.6) is 0 Å². The average Bonchev–Trinajstić information content (AvgIpc) is 2.83. The van der Waals surface area contributed by atoms with Crippen molar-refractivity contribution in [3.8, 4) is 11.1 Å². The highest BCUT2D eigenvalue weighted by molar-refractivity contribution is 7.98. The number of piperidine rings is 1. The quantitative estimate of drug-likeness (QED) is 0.747. The Balaban J connectivity index is 1.70. The van der Waals surface area contributed by atoms with Crippen molar-refractivity contribution >= 4 is 17.4 Å². The monoisotopic (exact) mass is 390 g/mol. The Kier molecular flexibility index (Phi) is 4.17. The Morgan fingerprint density at radius 1 is 1.15 bits per heavy atom. The van der Waals surface area contributed by atoms with Gasteiger partial charge in [-0.2, -0.15) is 24.9 Å². The standard InChI is InChI=1S/C21H21F3N2S/c22-21(23,24)18-4-2-1-3-15(18)13-9-14-12-27-8-7-26-19-5-6-25-11-17(19)16(10-13)20(14)26/h1-4,9-10,17,19,25H,5-8,11-12H2/t17-,19-/m0/s1. The van der Waals surface area contributed by atoms with Gasteiger partial charge in [-0.05, 0) is 53.4 Å². The molecule has 0 aliphatic carbocycles. The minimum atomic E-state index is -4.35. The van der Waals surface area contributed by atoms with Gasteiger partial charge in [0.05, 0.1) is 5.56 Å². The summed E-state index contributed by atoms with van der Waals surface area (Å²) in [4.78, 5) is 2.54. The van der Waals surface area contributed by atoms with Crippen LogP contribution in [0.3, 0.4) is 0 Å². The number of thioether (sulfide) groups is 1. The molecular formula is C21H21F3N2S. The molecule has 3 aliphatic rings. The molecule has 1 fully saturated rings. The van der Waals surface area contributed by atoms with Crippen LogP contribution in [0.2, 0.25) is 0 Å². The highest BCUT2D eigenvalue weighted by Gasteiger charge is 2.42. The molecule has 0 amide bonds. The molecule has 2 aromatic rings. The summed E-state index contributed by atoms with van der Waals surface area (Å²) in [5.74, 6) is 2.31. The van der Waals surface area contributed by atoms with E-state index >= 15 is 0 Å². The lowest BCUT2D eigenvalue weighted by Crippen LogP contribution is -2.44. The molecule has 1 saturated heterocycles. The Labute approximate surface area is 161 Å². The van der Waals surface area contributed by atoms with Crippen molar-refractivity contribution in [1.82, 2.24) is 5.32 Å². The molecule has 2 nitrogen and oxygen atoms in total. The van der Waals surface area contributed by atoms with Crippen molar-refractivity contribution in [2.75, 3.05) is 30.3 Å². The molecule has 6 heteroatoms. The van der Waals surface area contributed by atoms with Crippen LogP contribution >= 0.6 is 11.8 Å². The summed E-state index contributed by atoms with van der Waals surface area (Å²) < 4.78 is 40.7. The number of nitrogens with zero attached hydrogens (tertiary/aromatic N) is 1. The molecule has 0 aromatic heterocycles. The van der Waals surface area contributed by atoms with Crippen LogP contribution in [0, 0.1) is 0 Å². The van der Waals surface area contributed by atoms with Crippen LogP contribution in [0.25, 0.3) is 11.1 Å². The molecule has 0 spiro atoms. The molecule has 5 rings (SSSR count). The number of benzene rings is 2. The van der Waals surface area contributed by atoms with E-state index in [4.69, 9.17) is 0 Å². The number of hydrogen-bond donors (Lipinski definition) is 1. The number of hydrogen-bond acceptors (Lipinski definition) is 3. The minimum absolute atomic E-state index is 0.289. The highest BCUT2D eigenvalue weighted by atomic mass is 32.2. The van der Waals surface area contributed by atoms with E-state index in [1.54, 1.807) is 12.1 Å². The second kappa shape index (κ2) is 6.45. The molecule has 2 atom stereocenters. The van der Waals surface area contributed by atoms with E-state index in [1.165, 1.54) is 28.9 Å². The van der Waals surface area contributed by atoms with Crippen molar-refractivity contribution in [2.24, 2.45) is 0 Å². The lowest BCUT2D eigenvalue weighted by molar-refractivity contribution is -0.137. The zero-order valence-corrected chi connectivity index (χ0v) is 15.7. The molecule has 2 aromatic carbocycles. The molecule has 0 bridgehead atoms. The fraction of sp³-hybridized carbons (Fsp3) is 0.429. The van der Waals surface area contributed by atoms with E-state index in [0.717, 1.165) is 37.6 Å². The Morgan fingerprint density at radius 2 is 2.00 bits per heavy atom. The van der Waals surface area contributed by atoms with Gasteiger partial charge in [-0.25, -0.2) is 0 Å². The number of alkyl halides is 3. The first-order valence-electron chi connectivity index (χ1n) is 9.42. The molecule has 0 saturated carbocycles. The summed E-state index contributed by atoms with van der Waals surface area (Å²) in [7, 11) is 0. The molecule has 1 N–H and O–H groups in total. The normalized spacial score (nSPS) is 24.3. The average molecular weight is 390 g/mol. The second-order valence-corrected chi connectivity index (χ2v) is 8.63. The predicted octanol–water partition coefficient (Wildman–Crippen LogP) is 4.88. The molecule has 27 heavy (non-hydrogen) atoms. The summed E-state index contributed by atoms with van der Waals surface area (Å²) in [6.07, 6.45) is -3.25. The fourth-order valence-electron chi connectivity index (χ4n) is 4.92. The maximum Gasteiger partial charge on any atom is 0.417 e. The van der Waals surface area contributed by atoms with E-state index in [0.29, 0.717) is 17.5 Å². The van der Waals surface area contributed by atoms with Crippen molar-refractivity contribution < 1.29 is 13.2 Å². The number of anilines is 1. The Hall–Kier alpha value is -1.66. The SMILES string of the molecule is FC(F)(F)c1ccccc1-c1cc2c3c(c1)[C@@H]1CNCC[C@@H]1N3CCSC2. The van der Waals surface area contributed by atoms with Gasteiger partial charge in [0.2, 0.25) is 0 Å². The summed E-state index contributed by atoms with van der Waals surface area (Å²) in [6.45, 7) is 2.95. The first kappa shape index (κ1) is 17.4. The first-order valence-corrected chi connectivity index (χ1v) is 10.6. The van der Waals surface area contributed by atoms with Crippen LogP contribution in [0.4, 0.5) is 18.9 Å². The smallest absolute Gasteiger partial charge is 0.367 e. The van der Waals surface area contributed by atoms with E-state index < -0.39 is 11.7 Å². The number of fused-ring (bicyclic) bond motifs is 3. The summed E-state index contributed by atoms with van der Waals surface area (Å²) >= 11 is 1.88. The lowest BCUT2D eigenvalue weighted by atomic mass is 9.87. The van der Waals surface area contributed by atoms with E-state index in [9.17, 15) is 13.2 Å². The van der Waals surface area contributed by atoms with Crippen LogP contribution in [-0.2, 0) is 11.9 Å². The van der Waals surface area contributed by atoms with Gasteiger partial charge in [-0.15, -0.1) is 0 Å². The van der Waals surface area contributed by atoms with Crippen molar-refractivity contribution in [2.45, 2.75) is 30.3 Å². The third-order valence-corrected chi connectivity index (χ3v) is 7.01. The molecule has 3 heterocycles. The van der Waals surface area contributed by atoms with Gasteiger partial charge in [0, 0.05) is 42.2 Å². The van der Waals surface area contributed by atoms with Gasteiger partial charge < -0.3 is 10.2 Å². The van der Waals surface area contributed by atoms with Crippen LogP contribution in [0.15, 0.2) is 36.4 Å². The van der Waals surface area contributed by atoms with E-state index in [-0.39, 0.29) is 5.56 Å². The third kappa shape index (κ3) is 2.85. The van der Waals surface area contributed by atoms with Crippen LogP contribution in [0.1, 0.15) is 29.0 Å². The number of rotatable bonds is 1.